The molecule has 0 saturated carbocycles. The SMILES string of the molecule is C/C=C/C[C@@H](C)[C@@H](O)[C@@H]1CN[C@H]([C@@H](C)O)CN(C)[C@H](CC(C)C)CN(C)[C@@H](CC(C)C)CN[C@@H](CC(C)C)CN(C)[C@@H](CC(C)C)CN[C@@H](C)CN[C@H](C)CN(C)[C@@H](CC(C)C)CN[C@@H](CC(C)C)CN(C)[C@@H](C(C)C)CN1C. The Morgan fingerprint density at radius 3 is 1.24 bits per heavy atom. The Morgan fingerprint density at radius 1 is 0.405 bits per heavy atom. The molecule has 1 fully saturated rings. The lowest BCUT2D eigenvalue weighted by molar-refractivity contribution is 0.00556. The number of likely N-dealkylation sites (N-methyl/N-ethyl adjacent to an activating group) is 6. The van der Waals surface area contributed by atoms with E-state index in [9.17, 15) is 10.2 Å². The Labute approximate surface area is 493 Å². The summed E-state index contributed by atoms with van der Waals surface area (Å²) in [4.78, 5) is 15.5. The van der Waals surface area contributed by atoms with Gasteiger partial charge >= 0.3 is 0 Å². The molecule has 0 bridgehead atoms. The van der Waals surface area contributed by atoms with E-state index in [0.29, 0.717) is 96.3 Å². The van der Waals surface area contributed by atoms with Crippen molar-refractivity contribution in [2.75, 3.05) is 114 Å². The van der Waals surface area contributed by atoms with Gasteiger partial charge in [0, 0.05) is 138 Å². The number of nitrogens with zero attached hydrogens (tertiary/aromatic N) is 6. The Morgan fingerprint density at radius 2 is 0.797 bits per heavy atom. The van der Waals surface area contributed by atoms with Crippen LogP contribution in [0.15, 0.2) is 12.2 Å². The van der Waals surface area contributed by atoms with Crippen LogP contribution in [0.1, 0.15) is 176 Å². The summed E-state index contributed by atoms with van der Waals surface area (Å²) < 4.78 is 0. The zero-order chi connectivity index (χ0) is 60.3. The first kappa shape index (κ1) is 76.2. The van der Waals surface area contributed by atoms with Gasteiger partial charge in [-0.1, -0.05) is 116 Å². The number of aliphatic hydroxyl groups excluding tert-OH is 2. The van der Waals surface area contributed by atoms with Gasteiger partial charge in [0.1, 0.15) is 0 Å². The molecule has 472 valence electrons. The molecule has 1 aliphatic heterocycles. The molecule has 1 rings (SSSR count). The molecule has 0 aromatic rings. The summed E-state index contributed by atoms with van der Waals surface area (Å²) in [5.41, 5.74) is 0. The normalized spacial score (nSPS) is 30.9. The van der Waals surface area contributed by atoms with Gasteiger partial charge in [-0.05, 0) is 162 Å². The van der Waals surface area contributed by atoms with Gasteiger partial charge in [0.15, 0.2) is 0 Å². The first-order chi connectivity index (χ1) is 36.8. The third-order valence-electron chi connectivity index (χ3n) is 17.6. The highest BCUT2D eigenvalue weighted by Gasteiger charge is 2.34. The average molecular weight is 1120 g/mol. The van der Waals surface area contributed by atoms with Gasteiger partial charge in [-0.2, -0.15) is 0 Å². The number of nitrogens with one attached hydrogen (secondary N) is 5. The van der Waals surface area contributed by atoms with Gasteiger partial charge in [-0.3, -0.25) is 4.90 Å². The number of hydrogen-bond donors (Lipinski definition) is 7. The van der Waals surface area contributed by atoms with E-state index in [-0.39, 0.29) is 24.0 Å². The second-order valence-electron chi connectivity index (χ2n) is 29.3. The van der Waals surface area contributed by atoms with Crippen LogP contribution in [0, 0.1) is 47.3 Å². The molecule has 1 saturated heterocycles. The molecule has 13 nitrogen and oxygen atoms in total. The Bertz CT molecular complexity index is 1510. The molecule has 0 aliphatic carbocycles. The van der Waals surface area contributed by atoms with Crippen molar-refractivity contribution >= 4 is 0 Å². The zero-order valence-electron chi connectivity index (χ0n) is 57.1. The van der Waals surface area contributed by atoms with Crippen molar-refractivity contribution in [2.24, 2.45) is 47.3 Å². The second-order valence-corrected chi connectivity index (χ2v) is 29.3. The van der Waals surface area contributed by atoms with Crippen molar-refractivity contribution in [3.8, 4) is 0 Å². The highest BCUT2D eigenvalue weighted by molar-refractivity contribution is 4.93. The minimum absolute atomic E-state index is 0.0769. The molecule has 0 spiro atoms. The number of aliphatic hydroxyl groups is 2. The van der Waals surface area contributed by atoms with Gasteiger partial charge in [0.2, 0.25) is 0 Å². The number of allylic oxidation sites excluding steroid dienone is 2. The third-order valence-corrected chi connectivity index (χ3v) is 17.6. The van der Waals surface area contributed by atoms with Crippen LogP contribution in [0.2, 0.25) is 0 Å². The minimum Gasteiger partial charge on any atom is -0.392 e. The Kier molecular flexibility index (Phi) is 39.1. The Balaban J connectivity index is 3.91. The predicted molar refractivity (Wildman–Crippen MR) is 347 cm³/mol. The average Bonchev–Trinajstić information content (AvgIpc) is 3.33. The lowest BCUT2D eigenvalue weighted by atomic mass is 9.92. The highest BCUT2D eigenvalue weighted by Crippen LogP contribution is 2.23. The van der Waals surface area contributed by atoms with Crippen LogP contribution >= 0.6 is 0 Å². The molecule has 0 amide bonds. The maximum Gasteiger partial charge on any atom is 0.0736 e. The number of hydrogen-bond acceptors (Lipinski definition) is 13. The molecule has 13 heteroatoms. The number of rotatable bonds is 18. The maximum absolute atomic E-state index is 12.4. The Hall–Kier alpha value is -0.780. The van der Waals surface area contributed by atoms with Crippen LogP contribution in [0.4, 0.5) is 0 Å². The fraction of sp³-hybridized carbons (Fsp3) is 0.970. The van der Waals surface area contributed by atoms with Gasteiger partial charge in [0.25, 0.3) is 0 Å². The van der Waals surface area contributed by atoms with Crippen molar-refractivity contribution in [2.45, 2.75) is 255 Å². The van der Waals surface area contributed by atoms with E-state index >= 15 is 0 Å². The van der Waals surface area contributed by atoms with E-state index in [4.69, 9.17) is 0 Å². The molecule has 14 atom stereocenters. The zero-order valence-corrected chi connectivity index (χ0v) is 57.1. The summed E-state index contributed by atoms with van der Waals surface area (Å²) in [6, 6.07) is 3.03. The topological polar surface area (TPSA) is 120 Å². The first-order valence-corrected chi connectivity index (χ1v) is 32.7. The van der Waals surface area contributed by atoms with Crippen molar-refractivity contribution in [3.63, 3.8) is 0 Å². The molecule has 0 unspecified atom stereocenters. The van der Waals surface area contributed by atoms with Crippen LogP contribution in [0.5, 0.6) is 0 Å². The molecule has 7 N–H and O–H groups in total. The standard InChI is InChI=1S/C66H141N11O2/c1-26-27-28-53(16)66(79)64-39-71-63(56(19)78)44-75(23)62(34-51(12)13)43-74(22)61(33-50(10)11)38-69-57(29-46(2)3)41-73(21)59(31-48(6)7)36-68-54(17)35-67-55(18)40-72(20)60(32-49(8)9)37-70-58(30-47(4)5)42-76(24)65(52(14)15)45-77(64)25/h26-27,46-71,78-79H,28-45H2,1-25H3/b27-26+/t53-,54+,55-,56-,57+,58+,59+,60+,61+,62-,63+,64+,65-,66-/m1/s1. The summed E-state index contributed by atoms with van der Waals surface area (Å²) in [6.07, 6.45) is 10.8. The van der Waals surface area contributed by atoms with Crippen LogP contribution < -0.4 is 26.6 Å². The fourth-order valence-electron chi connectivity index (χ4n) is 12.7. The second kappa shape index (κ2) is 40.5. The molecule has 0 aromatic heterocycles. The maximum atomic E-state index is 12.4. The molecule has 0 aromatic carbocycles. The smallest absolute Gasteiger partial charge is 0.0736 e. The van der Waals surface area contributed by atoms with E-state index in [2.05, 4.69) is 235 Å². The van der Waals surface area contributed by atoms with E-state index < -0.39 is 12.2 Å². The summed E-state index contributed by atoms with van der Waals surface area (Å²) in [5.74, 6) is 3.98. The van der Waals surface area contributed by atoms with Gasteiger partial charge in [-0.25, -0.2) is 0 Å². The fourth-order valence-corrected chi connectivity index (χ4v) is 12.7. The van der Waals surface area contributed by atoms with Crippen molar-refractivity contribution in [3.05, 3.63) is 12.2 Å². The van der Waals surface area contributed by atoms with E-state index in [1.807, 2.05) is 6.92 Å². The molecule has 79 heavy (non-hydrogen) atoms. The summed E-state index contributed by atoms with van der Waals surface area (Å²) in [7, 11) is 13.9. The van der Waals surface area contributed by atoms with Crippen molar-refractivity contribution < 1.29 is 10.2 Å². The van der Waals surface area contributed by atoms with E-state index in [1.165, 1.54) is 6.42 Å². The van der Waals surface area contributed by atoms with Gasteiger partial charge in [-0.15, -0.1) is 0 Å². The highest BCUT2D eigenvalue weighted by atomic mass is 16.3. The molecule has 1 heterocycles. The molecular formula is C66H141N11O2. The molecular weight excluding hydrogens is 979 g/mol. The van der Waals surface area contributed by atoms with Crippen molar-refractivity contribution in [1.82, 2.24) is 56.0 Å². The summed E-state index contributed by atoms with van der Waals surface area (Å²) in [5, 5.41) is 44.2. The van der Waals surface area contributed by atoms with E-state index in [0.717, 1.165) is 104 Å². The monoisotopic (exact) mass is 1120 g/mol. The lowest BCUT2D eigenvalue weighted by Crippen LogP contribution is -2.59. The van der Waals surface area contributed by atoms with E-state index in [1.54, 1.807) is 0 Å². The lowest BCUT2D eigenvalue weighted by Gasteiger charge is -2.42. The molecule has 1 aliphatic rings. The van der Waals surface area contributed by atoms with Crippen LogP contribution in [-0.4, -0.2) is 233 Å². The summed E-state index contributed by atoms with van der Waals surface area (Å²) in [6.45, 7) is 54.1. The van der Waals surface area contributed by atoms with Crippen LogP contribution in [0.3, 0.4) is 0 Å². The third kappa shape index (κ3) is 32.3. The predicted octanol–water partition coefficient (Wildman–Crippen LogP) is 8.91. The van der Waals surface area contributed by atoms with Crippen LogP contribution in [0.25, 0.3) is 0 Å². The quantitative estimate of drug-likeness (QED) is 0.0663. The van der Waals surface area contributed by atoms with Crippen molar-refractivity contribution in [1.29, 1.82) is 0 Å². The minimum atomic E-state index is -0.566. The van der Waals surface area contributed by atoms with Crippen LogP contribution in [-0.2, 0) is 0 Å². The first-order valence-electron chi connectivity index (χ1n) is 32.7. The summed E-state index contributed by atoms with van der Waals surface area (Å²) >= 11 is 0. The largest absolute Gasteiger partial charge is 0.392 e. The van der Waals surface area contributed by atoms with Gasteiger partial charge < -0.3 is 61.3 Å². The van der Waals surface area contributed by atoms with Gasteiger partial charge in [0.05, 0.1) is 12.2 Å². The molecule has 0 radical (unpaired) electrons.